The largest absolute Gasteiger partial charge is 0.436 e. The molecule has 0 fully saturated rings. The van der Waals surface area contributed by atoms with Gasteiger partial charge in [0.25, 0.3) is 0 Å². The van der Waals surface area contributed by atoms with Crippen LogP contribution in [0.3, 0.4) is 0 Å². The summed E-state index contributed by atoms with van der Waals surface area (Å²) in [6.07, 6.45) is 4.36. The van der Waals surface area contributed by atoms with Gasteiger partial charge in [-0.2, -0.15) is 4.98 Å². The van der Waals surface area contributed by atoms with Crippen LogP contribution in [0.15, 0.2) is 59.8 Å². The SMILES string of the molecule is CCc1ccc(CSc2nc(-c3ccc(CC)cc3)nc3c2Cc2c(CO)cnc(C)c2O3)cc1. The molecule has 2 aromatic heterocycles. The summed E-state index contributed by atoms with van der Waals surface area (Å²) in [5.74, 6) is 2.73. The second-order valence-corrected chi connectivity index (χ2v) is 9.72. The van der Waals surface area contributed by atoms with Gasteiger partial charge in [-0.1, -0.05) is 62.4 Å². The molecule has 2 aromatic carbocycles. The van der Waals surface area contributed by atoms with Crippen molar-refractivity contribution < 1.29 is 9.84 Å². The first kappa shape index (κ1) is 23.5. The van der Waals surface area contributed by atoms with Gasteiger partial charge < -0.3 is 9.84 Å². The van der Waals surface area contributed by atoms with Crippen molar-refractivity contribution in [2.75, 3.05) is 0 Å². The molecule has 4 aromatic rings. The lowest BCUT2D eigenvalue weighted by atomic mass is 9.99. The zero-order valence-corrected chi connectivity index (χ0v) is 21.2. The quantitative estimate of drug-likeness (QED) is 0.212. The fourth-order valence-corrected chi connectivity index (χ4v) is 5.24. The van der Waals surface area contributed by atoms with Crippen LogP contribution in [0.5, 0.6) is 11.6 Å². The van der Waals surface area contributed by atoms with E-state index in [9.17, 15) is 5.11 Å². The number of rotatable bonds is 7. The molecule has 35 heavy (non-hydrogen) atoms. The van der Waals surface area contributed by atoms with Crippen LogP contribution in [0, 0.1) is 6.92 Å². The van der Waals surface area contributed by atoms with Gasteiger partial charge in [0.2, 0.25) is 5.88 Å². The molecule has 5 rings (SSSR count). The molecule has 5 nitrogen and oxygen atoms in total. The topological polar surface area (TPSA) is 68.1 Å². The molecule has 0 spiro atoms. The second-order valence-electron chi connectivity index (χ2n) is 8.76. The number of hydrogen-bond donors (Lipinski definition) is 1. The Morgan fingerprint density at radius 3 is 2.20 bits per heavy atom. The maximum absolute atomic E-state index is 9.90. The van der Waals surface area contributed by atoms with Gasteiger partial charge in [0.1, 0.15) is 5.03 Å². The predicted molar refractivity (Wildman–Crippen MR) is 140 cm³/mol. The van der Waals surface area contributed by atoms with Gasteiger partial charge >= 0.3 is 0 Å². The van der Waals surface area contributed by atoms with E-state index in [1.807, 2.05) is 6.92 Å². The van der Waals surface area contributed by atoms with Crippen LogP contribution in [0.2, 0.25) is 0 Å². The highest BCUT2D eigenvalue weighted by molar-refractivity contribution is 7.98. The number of aliphatic hydroxyl groups excluding tert-OH is 1. The first-order chi connectivity index (χ1) is 17.1. The van der Waals surface area contributed by atoms with Crippen LogP contribution in [-0.4, -0.2) is 20.1 Å². The third-order valence-corrected chi connectivity index (χ3v) is 7.57. The minimum Gasteiger partial charge on any atom is -0.436 e. The Balaban J connectivity index is 1.55. The highest BCUT2D eigenvalue weighted by Gasteiger charge is 2.27. The van der Waals surface area contributed by atoms with Crippen LogP contribution in [-0.2, 0) is 31.6 Å². The van der Waals surface area contributed by atoms with Crippen LogP contribution < -0.4 is 4.74 Å². The number of ether oxygens (including phenoxy) is 1. The van der Waals surface area contributed by atoms with E-state index >= 15 is 0 Å². The summed E-state index contributed by atoms with van der Waals surface area (Å²) in [5, 5.41) is 10.8. The number of fused-ring (bicyclic) bond motifs is 2. The first-order valence-corrected chi connectivity index (χ1v) is 13.0. The van der Waals surface area contributed by atoms with Gasteiger partial charge in [0.05, 0.1) is 17.9 Å². The normalized spacial score (nSPS) is 12.1. The summed E-state index contributed by atoms with van der Waals surface area (Å²) >= 11 is 1.70. The minimum absolute atomic E-state index is 0.0801. The molecule has 178 valence electrons. The van der Waals surface area contributed by atoms with Crippen molar-refractivity contribution in [2.24, 2.45) is 0 Å². The Morgan fingerprint density at radius 2 is 1.54 bits per heavy atom. The van der Waals surface area contributed by atoms with E-state index in [4.69, 9.17) is 14.7 Å². The lowest BCUT2D eigenvalue weighted by molar-refractivity contribution is 0.278. The Morgan fingerprint density at radius 1 is 0.886 bits per heavy atom. The van der Waals surface area contributed by atoms with Gasteiger partial charge in [-0.3, -0.25) is 4.98 Å². The Bertz CT molecular complexity index is 1350. The van der Waals surface area contributed by atoms with E-state index < -0.39 is 0 Å². The number of pyridine rings is 1. The summed E-state index contributed by atoms with van der Waals surface area (Å²) in [6.45, 7) is 6.16. The van der Waals surface area contributed by atoms with E-state index in [1.54, 1.807) is 18.0 Å². The van der Waals surface area contributed by atoms with Crippen molar-refractivity contribution in [2.45, 2.75) is 57.4 Å². The third kappa shape index (κ3) is 4.81. The Kier molecular flexibility index (Phi) is 6.84. The van der Waals surface area contributed by atoms with Crippen molar-refractivity contribution in [3.63, 3.8) is 0 Å². The molecule has 0 aliphatic carbocycles. The van der Waals surface area contributed by atoms with Crippen molar-refractivity contribution in [3.8, 4) is 23.0 Å². The van der Waals surface area contributed by atoms with E-state index in [2.05, 4.69) is 67.4 Å². The molecule has 0 amide bonds. The second kappa shape index (κ2) is 10.2. The summed E-state index contributed by atoms with van der Waals surface area (Å²) in [5.41, 5.74) is 8.32. The van der Waals surface area contributed by atoms with Gasteiger partial charge in [-0.25, -0.2) is 4.98 Å². The maximum Gasteiger partial charge on any atom is 0.227 e. The molecule has 6 heteroatoms. The summed E-state index contributed by atoms with van der Waals surface area (Å²) < 4.78 is 6.34. The standard InChI is InChI=1S/C29H29N3O2S/c1-4-19-6-8-21(9-7-19)17-35-29-25-14-24-23(16-33)15-30-18(3)26(24)34-28(25)31-27(32-29)22-12-10-20(5-2)11-13-22/h6-13,15,33H,4-5,14,16-17H2,1-3H3. The average molecular weight is 484 g/mol. The van der Waals surface area contributed by atoms with E-state index in [1.165, 1.54) is 16.7 Å². The van der Waals surface area contributed by atoms with Crippen LogP contribution >= 0.6 is 11.8 Å². The van der Waals surface area contributed by atoms with Gasteiger partial charge in [0, 0.05) is 35.1 Å². The molecule has 0 unspecified atom stereocenters. The predicted octanol–water partition coefficient (Wildman–Crippen LogP) is 6.45. The number of aromatic nitrogens is 3. The number of benzene rings is 2. The molecule has 0 saturated heterocycles. The highest BCUT2D eigenvalue weighted by atomic mass is 32.2. The molecular formula is C29H29N3O2S. The molecule has 1 N–H and O–H groups in total. The van der Waals surface area contributed by atoms with Crippen molar-refractivity contribution in [1.29, 1.82) is 0 Å². The fraction of sp³-hybridized carbons (Fsp3) is 0.276. The number of aliphatic hydroxyl groups is 1. The summed E-state index contributed by atoms with van der Waals surface area (Å²) in [6, 6.07) is 17.2. The van der Waals surface area contributed by atoms with Gasteiger partial charge in [-0.05, 0) is 36.5 Å². The third-order valence-electron chi connectivity index (χ3n) is 6.49. The lowest BCUT2D eigenvalue weighted by Gasteiger charge is -2.24. The number of aryl methyl sites for hydroxylation is 3. The molecule has 0 atom stereocenters. The maximum atomic E-state index is 9.90. The zero-order valence-electron chi connectivity index (χ0n) is 20.3. The average Bonchev–Trinajstić information content (AvgIpc) is 2.91. The molecule has 0 saturated carbocycles. The van der Waals surface area contributed by atoms with E-state index in [-0.39, 0.29) is 6.61 Å². The molecule has 0 radical (unpaired) electrons. The molecule has 1 aliphatic heterocycles. The first-order valence-electron chi connectivity index (χ1n) is 12.1. The van der Waals surface area contributed by atoms with Gasteiger partial charge in [0.15, 0.2) is 11.6 Å². The van der Waals surface area contributed by atoms with E-state index in [0.29, 0.717) is 23.9 Å². The van der Waals surface area contributed by atoms with Crippen molar-refractivity contribution in [3.05, 3.63) is 93.8 Å². The lowest BCUT2D eigenvalue weighted by Crippen LogP contribution is -2.13. The molecular weight excluding hydrogens is 454 g/mol. The summed E-state index contributed by atoms with van der Waals surface area (Å²) in [4.78, 5) is 14.3. The summed E-state index contributed by atoms with van der Waals surface area (Å²) in [7, 11) is 0. The molecule has 1 aliphatic rings. The van der Waals surface area contributed by atoms with Crippen LogP contribution in [0.4, 0.5) is 0 Å². The molecule has 3 heterocycles. The van der Waals surface area contributed by atoms with Crippen molar-refractivity contribution in [1.82, 2.24) is 15.0 Å². The minimum atomic E-state index is -0.0801. The van der Waals surface area contributed by atoms with Crippen LogP contribution in [0.1, 0.15) is 52.9 Å². The number of thioether (sulfide) groups is 1. The zero-order chi connectivity index (χ0) is 24.4. The van der Waals surface area contributed by atoms with Crippen molar-refractivity contribution >= 4 is 11.8 Å². The Labute approximate surface area is 210 Å². The van der Waals surface area contributed by atoms with E-state index in [0.717, 1.165) is 51.6 Å². The Hall–Kier alpha value is -3.22. The number of nitrogens with zero attached hydrogens (tertiary/aromatic N) is 3. The monoisotopic (exact) mass is 483 g/mol. The fourth-order valence-electron chi connectivity index (χ4n) is 4.25. The number of hydrogen-bond acceptors (Lipinski definition) is 6. The molecule has 0 bridgehead atoms. The van der Waals surface area contributed by atoms with Gasteiger partial charge in [-0.15, -0.1) is 11.8 Å². The van der Waals surface area contributed by atoms with Crippen LogP contribution in [0.25, 0.3) is 11.4 Å². The highest BCUT2D eigenvalue weighted by Crippen LogP contribution is 2.43. The smallest absolute Gasteiger partial charge is 0.227 e.